The molecule has 0 bridgehead atoms. The Morgan fingerprint density at radius 3 is 2.44 bits per heavy atom. The molecule has 0 atom stereocenters. The fourth-order valence-electron chi connectivity index (χ4n) is 1.76. The summed E-state index contributed by atoms with van der Waals surface area (Å²) in [5.41, 5.74) is 0.367. The lowest BCUT2D eigenvalue weighted by Gasteiger charge is -2.37. The molecule has 0 spiro atoms. The smallest absolute Gasteiger partial charge is 0.316 e. The second kappa shape index (κ2) is 5.06. The number of aromatic hydroxyl groups is 1. The van der Waals surface area contributed by atoms with Crippen LogP contribution in [0.15, 0.2) is 24.3 Å². The van der Waals surface area contributed by atoms with Gasteiger partial charge in [0.2, 0.25) is 0 Å². The van der Waals surface area contributed by atoms with Crippen LogP contribution in [0.25, 0.3) is 0 Å². The number of carbonyl (C=O) groups is 1. The van der Waals surface area contributed by atoms with Crippen molar-refractivity contribution in [3.8, 4) is 5.75 Å². The molecule has 0 saturated carbocycles. The molecule has 1 saturated heterocycles. The molecule has 98 valence electrons. The number of ketones is 1. The van der Waals surface area contributed by atoms with Gasteiger partial charge in [0.05, 0.1) is 11.7 Å². The summed E-state index contributed by atoms with van der Waals surface area (Å²) in [6.07, 6.45) is -0.183. The van der Waals surface area contributed by atoms with E-state index < -0.39 is 5.97 Å². The largest absolute Gasteiger partial charge is 0.507 e. The maximum Gasteiger partial charge on any atom is 0.316 e. The van der Waals surface area contributed by atoms with Crippen LogP contribution in [0.3, 0.4) is 0 Å². The number of carbonyl (C=O) groups excluding carboxylic acids is 1. The highest BCUT2D eigenvalue weighted by atomic mass is 16.9. The van der Waals surface area contributed by atoms with Gasteiger partial charge in [0, 0.05) is 0 Å². The number of benzene rings is 1. The van der Waals surface area contributed by atoms with Gasteiger partial charge in [0.25, 0.3) is 0 Å². The van der Waals surface area contributed by atoms with Crippen molar-refractivity contribution in [3.63, 3.8) is 0 Å². The predicted octanol–water partition coefficient (Wildman–Crippen LogP) is 1.54. The van der Waals surface area contributed by atoms with E-state index >= 15 is 0 Å². The first-order valence-electron chi connectivity index (χ1n) is 5.79. The van der Waals surface area contributed by atoms with Crippen molar-refractivity contribution in [1.82, 2.24) is 0 Å². The Labute approximate surface area is 105 Å². The summed E-state index contributed by atoms with van der Waals surface area (Å²) in [5.74, 6) is -1.66. The third-order valence-electron chi connectivity index (χ3n) is 2.47. The molecule has 1 aromatic rings. The molecule has 1 aromatic carbocycles. The molecule has 1 aliphatic heterocycles. The topological polar surface area (TPSA) is 65.0 Å². The van der Waals surface area contributed by atoms with Gasteiger partial charge >= 0.3 is 5.97 Å². The first-order chi connectivity index (χ1) is 8.53. The summed E-state index contributed by atoms with van der Waals surface area (Å²) >= 11 is 0. The normalized spacial score (nSPS) is 19.2. The maximum absolute atomic E-state index is 11.2. The number of hydrogen-bond donors (Lipinski definition) is 1. The van der Waals surface area contributed by atoms with E-state index in [2.05, 4.69) is 0 Å². The molecule has 2 rings (SSSR count). The second-order valence-electron chi connectivity index (χ2n) is 4.36. The van der Waals surface area contributed by atoms with Crippen molar-refractivity contribution in [2.45, 2.75) is 25.9 Å². The van der Waals surface area contributed by atoms with E-state index in [9.17, 15) is 9.90 Å². The molecule has 5 nitrogen and oxygen atoms in total. The van der Waals surface area contributed by atoms with Crippen molar-refractivity contribution in [2.75, 3.05) is 13.2 Å². The van der Waals surface area contributed by atoms with Crippen molar-refractivity contribution in [2.24, 2.45) is 0 Å². The molecule has 0 radical (unpaired) electrons. The van der Waals surface area contributed by atoms with Crippen LogP contribution in [0.2, 0.25) is 0 Å². The molecule has 1 N–H and O–H groups in total. The van der Waals surface area contributed by atoms with Crippen LogP contribution in [-0.2, 0) is 25.0 Å². The predicted molar refractivity (Wildman–Crippen MR) is 62.9 cm³/mol. The number of phenolic OH excluding ortho intramolecular Hbond substituents is 1. The highest BCUT2D eigenvalue weighted by Gasteiger charge is 2.43. The Hall–Kier alpha value is -1.43. The molecule has 0 amide bonds. The first-order valence-corrected chi connectivity index (χ1v) is 5.79. The van der Waals surface area contributed by atoms with Crippen molar-refractivity contribution in [3.05, 3.63) is 29.8 Å². The second-order valence-corrected chi connectivity index (χ2v) is 4.36. The van der Waals surface area contributed by atoms with Gasteiger partial charge in [-0.25, -0.2) is 0 Å². The van der Waals surface area contributed by atoms with Gasteiger partial charge in [-0.1, -0.05) is 12.1 Å². The number of rotatable bonds is 3. The first kappa shape index (κ1) is 13.0. The van der Waals surface area contributed by atoms with E-state index in [1.165, 1.54) is 6.07 Å². The quantitative estimate of drug-likeness (QED) is 0.884. The maximum atomic E-state index is 11.2. The molecule has 0 aromatic heterocycles. The van der Waals surface area contributed by atoms with Crippen molar-refractivity contribution in [1.29, 1.82) is 0 Å². The summed E-state index contributed by atoms with van der Waals surface area (Å²) in [6, 6.07) is 6.59. The Kier molecular flexibility index (Phi) is 3.65. The Balaban J connectivity index is 2.36. The van der Waals surface area contributed by atoms with Crippen LogP contribution in [0.5, 0.6) is 5.75 Å². The number of Topliss-reactive ketones (excluding diaryl/α,β-unsaturated/α-hetero) is 1. The molecule has 1 fully saturated rings. The highest BCUT2D eigenvalue weighted by molar-refractivity contribution is 5.81. The van der Waals surface area contributed by atoms with Gasteiger partial charge in [-0.05, 0) is 26.0 Å². The van der Waals surface area contributed by atoms with Crippen molar-refractivity contribution < 1.29 is 24.1 Å². The molecule has 1 aliphatic rings. The summed E-state index contributed by atoms with van der Waals surface area (Å²) in [6.45, 7) is 3.46. The van der Waals surface area contributed by atoms with E-state index in [1.54, 1.807) is 18.2 Å². The molecule has 1 heterocycles. The molecule has 0 unspecified atom stereocenters. The third-order valence-corrected chi connectivity index (χ3v) is 2.47. The fourth-order valence-corrected chi connectivity index (χ4v) is 1.76. The van der Waals surface area contributed by atoms with Gasteiger partial charge in [0.1, 0.15) is 19.0 Å². The van der Waals surface area contributed by atoms with Crippen LogP contribution in [0.4, 0.5) is 0 Å². The van der Waals surface area contributed by atoms with Crippen LogP contribution < -0.4 is 0 Å². The van der Waals surface area contributed by atoms with Gasteiger partial charge in [-0.15, -0.1) is 0 Å². The highest BCUT2D eigenvalue weighted by Crippen LogP contribution is 2.37. The summed E-state index contributed by atoms with van der Waals surface area (Å²) in [7, 11) is 0. The number of ether oxygens (including phenoxy) is 3. The SMILES string of the molecule is CC(C)OC1(c2ccccc2O)OCC(=O)CO1. The zero-order valence-electron chi connectivity index (χ0n) is 10.4. The number of phenols is 1. The Morgan fingerprint density at radius 1 is 1.28 bits per heavy atom. The molecule has 5 heteroatoms. The van der Waals surface area contributed by atoms with Crippen molar-refractivity contribution >= 4 is 5.78 Å². The molecule has 18 heavy (non-hydrogen) atoms. The minimum absolute atomic E-state index is 0.00694. The summed E-state index contributed by atoms with van der Waals surface area (Å²) < 4.78 is 16.4. The van der Waals surface area contributed by atoms with E-state index in [4.69, 9.17) is 14.2 Å². The Morgan fingerprint density at radius 2 is 1.89 bits per heavy atom. The average molecular weight is 252 g/mol. The van der Waals surface area contributed by atoms with Crippen LogP contribution in [-0.4, -0.2) is 30.2 Å². The third kappa shape index (κ3) is 2.53. The van der Waals surface area contributed by atoms with E-state index in [0.717, 1.165) is 0 Å². The minimum atomic E-state index is -1.51. The van der Waals surface area contributed by atoms with Crippen LogP contribution in [0.1, 0.15) is 19.4 Å². The van der Waals surface area contributed by atoms with Gasteiger partial charge in [0.15, 0.2) is 5.78 Å². The zero-order valence-corrected chi connectivity index (χ0v) is 10.4. The van der Waals surface area contributed by atoms with E-state index in [-0.39, 0.29) is 30.9 Å². The average Bonchev–Trinajstić information content (AvgIpc) is 2.32. The molecular weight excluding hydrogens is 236 g/mol. The minimum Gasteiger partial charge on any atom is -0.507 e. The lowest BCUT2D eigenvalue weighted by Crippen LogP contribution is -2.45. The summed E-state index contributed by atoms with van der Waals surface area (Å²) in [4.78, 5) is 11.2. The zero-order chi connectivity index (χ0) is 13.2. The van der Waals surface area contributed by atoms with E-state index in [1.807, 2.05) is 13.8 Å². The van der Waals surface area contributed by atoms with Gasteiger partial charge in [-0.3, -0.25) is 4.79 Å². The standard InChI is InChI=1S/C13H16O5/c1-9(2)18-13(16-7-10(14)8-17-13)11-5-3-4-6-12(11)15/h3-6,9,15H,7-8H2,1-2H3. The molecular formula is C13H16O5. The summed E-state index contributed by atoms with van der Waals surface area (Å²) in [5, 5.41) is 9.88. The lowest BCUT2D eigenvalue weighted by molar-refractivity contribution is -0.408. The van der Waals surface area contributed by atoms with Gasteiger partial charge < -0.3 is 19.3 Å². The fraction of sp³-hybridized carbons (Fsp3) is 0.462. The molecule has 0 aliphatic carbocycles. The van der Waals surface area contributed by atoms with E-state index in [0.29, 0.717) is 5.56 Å². The number of para-hydroxylation sites is 1. The Bertz CT molecular complexity index is 431. The lowest BCUT2D eigenvalue weighted by atomic mass is 10.1. The van der Waals surface area contributed by atoms with Crippen LogP contribution in [0, 0.1) is 0 Å². The monoisotopic (exact) mass is 252 g/mol. The van der Waals surface area contributed by atoms with Gasteiger partial charge in [-0.2, -0.15) is 0 Å². The number of hydrogen-bond acceptors (Lipinski definition) is 5. The van der Waals surface area contributed by atoms with Crippen LogP contribution >= 0.6 is 0 Å².